The number of nitrogens with zero attached hydrogens (tertiary/aromatic N) is 5. The third-order valence-corrected chi connectivity index (χ3v) is 4.84. The van der Waals surface area contributed by atoms with Gasteiger partial charge in [-0.2, -0.15) is 0 Å². The third kappa shape index (κ3) is 4.19. The van der Waals surface area contributed by atoms with Crippen LogP contribution in [0.1, 0.15) is 11.4 Å². The van der Waals surface area contributed by atoms with Gasteiger partial charge < -0.3 is 15.1 Å². The van der Waals surface area contributed by atoms with Crippen molar-refractivity contribution in [1.82, 2.24) is 15.0 Å². The minimum absolute atomic E-state index is 0.170. The Kier molecular flexibility index (Phi) is 5.32. The predicted molar refractivity (Wildman–Crippen MR) is 109 cm³/mol. The van der Waals surface area contributed by atoms with E-state index in [2.05, 4.69) is 30.1 Å². The van der Waals surface area contributed by atoms with Crippen molar-refractivity contribution in [1.29, 1.82) is 0 Å². The molecular formula is C21H23FN6. The van der Waals surface area contributed by atoms with E-state index in [1.54, 1.807) is 18.5 Å². The number of benzene rings is 1. The van der Waals surface area contributed by atoms with Crippen molar-refractivity contribution in [2.24, 2.45) is 0 Å². The van der Waals surface area contributed by atoms with Gasteiger partial charge in [-0.15, -0.1) is 0 Å². The van der Waals surface area contributed by atoms with Crippen LogP contribution in [0.25, 0.3) is 0 Å². The van der Waals surface area contributed by atoms with Gasteiger partial charge in [0.1, 0.15) is 23.3 Å². The fourth-order valence-corrected chi connectivity index (χ4v) is 3.38. The topological polar surface area (TPSA) is 57.2 Å². The molecule has 0 atom stereocenters. The smallest absolute Gasteiger partial charge is 0.146 e. The average Bonchev–Trinajstić information content (AvgIpc) is 2.73. The Bertz CT molecular complexity index is 925. The highest BCUT2D eigenvalue weighted by Crippen LogP contribution is 2.23. The summed E-state index contributed by atoms with van der Waals surface area (Å²) in [5, 5.41) is 3.36. The van der Waals surface area contributed by atoms with Gasteiger partial charge in [0.25, 0.3) is 0 Å². The van der Waals surface area contributed by atoms with Gasteiger partial charge in [0.05, 0.1) is 5.69 Å². The van der Waals surface area contributed by atoms with Gasteiger partial charge in [0.2, 0.25) is 0 Å². The molecule has 28 heavy (non-hydrogen) atoms. The Morgan fingerprint density at radius 1 is 0.964 bits per heavy atom. The lowest BCUT2D eigenvalue weighted by molar-refractivity contribution is 0.596. The zero-order chi connectivity index (χ0) is 19.3. The summed E-state index contributed by atoms with van der Waals surface area (Å²) >= 11 is 0. The number of para-hydroxylation sites is 1. The highest BCUT2D eigenvalue weighted by molar-refractivity contribution is 5.53. The van der Waals surface area contributed by atoms with Crippen LogP contribution in [0.15, 0.2) is 54.9 Å². The van der Waals surface area contributed by atoms with Gasteiger partial charge >= 0.3 is 0 Å². The number of hydrogen-bond acceptors (Lipinski definition) is 6. The Morgan fingerprint density at radius 2 is 1.68 bits per heavy atom. The van der Waals surface area contributed by atoms with Crippen molar-refractivity contribution in [2.45, 2.75) is 13.5 Å². The van der Waals surface area contributed by atoms with E-state index in [4.69, 9.17) is 0 Å². The van der Waals surface area contributed by atoms with Crippen molar-refractivity contribution in [2.75, 3.05) is 41.3 Å². The van der Waals surface area contributed by atoms with Crippen LogP contribution in [0.2, 0.25) is 0 Å². The van der Waals surface area contributed by atoms with Gasteiger partial charge in [-0.3, -0.25) is 4.98 Å². The van der Waals surface area contributed by atoms with Crippen LogP contribution in [-0.4, -0.2) is 41.1 Å². The first-order chi connectivity index (χ1) is 13.7. The molecule has 0 bridgehead atoms. The number of halogens is 1. The molecule has 3 heterocycles. The van der Waals surface area contributed by atoms with Crippen LogP contribution < -0.4 is 15.1 Å². The molecule has 1 aliphatic rings. The van der Waals surface area contributed by atoms with Gasteiger partial charge in [-0.1, -0.05) is 12.1 Å². The van der Waals surface area contributed by atoms with Crippen LogP contribution in [0.4, 0.5) is 21.7 Å². The number of aryl methyl sites for hydroxylation is 1. The molecular weight excluding hydrogens is 355 g/mol. The minimum Gasteiger partial charge on any atom is -0.366 e. The number of anilines is 3. The second kappa shape index (κ2) is 8.21. The predicted octanol–water partition coefficient (Wildman–Crippen LogP) is 3.26. The van der Waals surface area contributed by atoms with E-state index >= 15 is 0 Å². The molecule has 3 aromatic rings. The molecule has 1 aliphatic heterocycles. The summed E-state index contributed by atoms with van der Waals surface area (Å²) in [6, 6.07) is 12.9. The molecule has 1 saturated heterocycles. The Labute approximate surface area is 164 Å². The van der Waals surface area contributed by atoms with Crippen LogP contribution in [0, 0.1) is 12.7 Å². The molecule has 6 nitrogen and oxygen atoms in total. The van der Waals surface area contributed by atoms with Gasteiger partial charge in [-0.25, -0.2) is 14.4 Å². The monoisotopic (exact) mass is 378 g/mol. The summed E-state index contributed by atoms with van der Waals surface area (Å²) in [6.07, 6.45) is 3.56. The fourth-order valence-electron chi connectivity index (χ4n) is 3.38. The summed E-state index contributed by atoms with van der Waals surface area (Å²) in [5.41, 5.74) is 1.81. The van der Waals surface area contributed by atoms with E-state index in [-0.39, 0.29) is 5.82 Å². The number of rotatable bonds is 5. The normalized spacial score (nSPS) is 14.2. The third-order valence-electron chi connectivity index (χ3n) is 4.84. The highest BCUT2D eigenvalue weighted by Gasteiger charge is 2.20. The standard InChI is InChI=1S/C21H23FN6/c1-16-25-20(24-15-17-6-8-23-9-7-17)14-21(26-16)28-12-10-27(11-13-28)19-5-3-2-4-18(19)22/h2-9,14H,10-13,15H2,1H3,(H,24,25,26). The minimum atomic E-state index is -0.170. The van der Waals surface area contributed by atoms with E-state index in [0.29, 0.717) is 12.2 Å². The second-order valence-electron chi connectivity index (χ2n) is 6.79. The first kappa shape index (κ1) is 18.2. The lowest BCUT2D eigenvalue weighted by atomic mass is 10.2. The van der Waals surface area contributed by atoms with Crippen LogP contribution in [0.3, 0.4) is 0 Å². The van der Waals surface area contributed by atoms with Crippen LogP contribution >= 0.6 is 0 Å². The number of aromatic nitrogens is 3. The molecule has 0 spiro atoms. The maximum absolute atomic E-state index is 14.0. The maximum atomic E-state index is 14.0. The Morgan fingerprint density at radius 3 is 2.43 bits per heavy atom. The molecule has 7 heteroatoms. The van der Waals surface area contributed by atoms with E-state index in [0.717, 1.165) is 49.2 Å². The van der Waals surface area contributed by atoms with Crippen LogP contribution in [0.5, 0.6) is 0 Å². The number of nitrogens with one attached hydrogen (secondary N) is 1. The van der Waals surface area contributed by atoms with Crippen LogP contribution in [-0.2, 0) is 6.54 Å². The molecule has 0 amide bonds. The molecule has 144 valence electrons. The molecule has 4 rings (SSSR count). The van der Waals surface area contributed by atoms with Crippen molar-refractivity contribution < 1.29 is 4.39 Å². The zero-order valence-electron chi connectivity index (χ0n) is 15.8. The van der Waals surface area contributed by atoms with Crippen molar-refractivity contribution in [3.63, 3.8) is 0 Å². The summed E-state index contributed by atoms with van der Waals surface area (Å²) in [6.45, 7) is 5.66. The van der Waals surface area contributed by atoms with Gasteiger partial charge in [0.15, 0.2) is 0 Å². The first-order valence-electron chi connectivity index (χ1n) is 9.42. The average molecular weight is 378 g/mol. The largest absolute Gasteiger partial charge is 0.366 e. The number of pyridine rings is 1. The lowest BCUT2D eigenvalue weighted by Gasteiger charge is -2.37. The Hall–Kier alpha value is -3.22. The first-order valence-corrected chi connectivity index (χ1v) is 9.42. The molecule has 2 aromatic heterocycles. The van der Waals surface area contributed by atoms with Gasteiger partial charge in [-0.05, 0) is 36.8 Å². The molecule has 0 aliphatic carbocycles. The molecule has 0 saturated carbocycles. The lowest BCUT2D eigenvalue weighted by Crippen LogP contribution is -2.47. The van der Waals surface area contributed by atoms with E-state index in [1.165, 1.54) is 6.07 Å². The maximum Gasteiger partial charge on any atom is 0.146 e. The molecule has 1 aromatic carbocycles. The van der Waals surface area contributed by atoms with Crippen molar-refractivity contribution >= 4 is 17.3 Å². The molecule has 0 radical (unpaired) electrons. The van der Waals surface area contributed by atoms with Crippen molar-refractivity contribution in [3.8, 4) is 0 Å². The summed E-state index contributed by atoms with van der Waals surface area (Å²) < 4.78 is 14.0. The van der Waals surface area contributed by atoms with E-state index in [1.807, 2.05) is 37.3 Å². The summed E-state index contributed by atoms with van der Waals surface area (Å²) in [7, 11) is 0. The number of hydrogen-bond donors (Lipinski definition) is 1. The number of piperazine rings is 1. The van der Waals surface area contributed by atoms with Crippen molar-refractivity contribution in [3.05, 3.63) is 72.1 Å². The summed E-state index contributed by atoms with van der Waals surface area (Å²) in [4.78, 5) is 17.4. The highest BCUT2D eigenvalue weighted by atomic mass is 19.1. The molecule has 1 N–H and O–H groups in total. The SMILES string of the molecule is Cc1nc(NCc2ccncc2)cc(N2CCN(c3ccccc3F)CC2)n1. The molecule has 0 unspecified atom stereocenters. The molecule has 1 fully saturated rings. The summed E-state index contributed by atoms with van der Waals surface area (Å²) in [5.74, 6) is 2.26. The Balaban J connectivity index is 1.42. The zero-order valence-corrected chi connectivity index (χ0v) is 15.8. The van der Waals surface area contributed by atoms with E-state index in [9.17, 15) is 4.39 Å². The van der Waals surface area contributed by atoms with E-state index < -0.39 is 0 Å². The fraction of sp³-hybridized carbons (Fsp3) is 0.286. The van der Waals surface area contributed by atoms with Gasteiger partial charge in [0, 0.05) is 51.2 Å². The second-order valence-corrected chi connectivity index (χ2v) is 6.79. The quantitative estimate of drug-likeness (QED) is 0.736.